The zero-order valence-electron chi connectivity index (χ0n) is 13.1. The monoisotopic (exact) mass is 286 g/mol. The Balaban J connectivity index is 2.00. The van der Waals surface area contributed by atoms with E-state index in [9.17, 15) is 0 Å². The first-order valence-electron chi connectivity index (χ1n) is 7.42. The molecule has 0 N–H and O–H groups in total. The maximum atomic E-state index is 5.80. The Hall–Kier alpha value is -1.81. The molecule has 0 saturated carbocycles. The second-order valence-electron chi connectivity index (χ2n) is 5.84. The maximum Gasteiger partial charge on any atom is 0.129 e. The lowest BCUT2D eigenvalue weighted by Crippen LogP contribution is -2.45. The van der Waals surface area contributed by atoms with E-state index in [2.05, 4.69) is 31.7 Å². The average molecular weight is 286 g/mol. The highest BCUT2D eigenvalue weighted by atomic mass is 16.5. The molecule has 0 spiro atoms. The Morgan fingerprint density at radius 1 is 1.19 bits per heavy atom. The van der Waals surface area contributed by atoms with Crippen LogP contribution in [0.2, 0.25) is 0 Å². The minimum absolute atomic E-state index is 0.238. The van der Waals surface area contributed by atoms with E-state index in [0.717, 1.165) is 35.6 Å². The zero-order valence-corrected chi connectivity index (χ0v) is 13.1. The third-order valence-corrected chi connectivity index (χ3v) is 3.95. The molecular weight excluding hydrogens is 264 g/mol. The van der Waals surface area contributed by atoms with Gasteiger partial charge in [-0.3, -0.25) is 0 Å². The minimum atomic E-state index is 0.238. The number of hydrogen-bond acceptors (Lipinski definition) is 4. The number of ether oxygens (including phenoxy) is 2. The number of nitrogens with zero attached hydrogens (tertiary/aromatic N) is 2. The molecule has 112 valence electrons. The molecule has 2 atom stereocenters. The fraction of sp³-hybridized carbons (Fsp3) is 0.471. The lowest BCUT2D eigenvalue weighted by atomic mass is 10.1. The van der Waals surface area contributed by atoms with Gasteiger partial charge in [0.25, 0.3) is 0 Å². The van der Waals surface area contributed by atoms with Crippen LogP contribution >= 0.6 is 0 Å². The van der Waals surface area contributed by atoms with Crippen LogP contribution in [0.3, 0.4) is 0 Å². The highest BCUT2D eigenvalue weighted by molar-refractivity contribution is 5.85. The van der Waals surface area contributed by atoms with Crippen molar-refractivity contribution in [3.05, 3.63) is 29.8 Å². The van der Waals surface area contributed by atoms with Crippen LogP contribution in [0, 0.1) is 6.92 Å². The number of methoxy groups -OCH3 is 1. The number of benzene rings is 1. The molecule has 0 aliphatic carbocycles. The second-order valence-corrected chi connectivity index (χ2v) is 5.84. The molecule has 2 aromatic rings. The van der Waals surface area contributed by atoms with Crippen LogP contribution in [0.1, 0.15) is 19.4 Å². The summed E-state index contributed by atoms with van der Waals surface area (Å²) in [6, 6.07) is 8.19. The van der Waals surface area contributed by atoms with Crippen LogP contribution in [-0.2, 0) is 4.74 Å². The van der Waals surface area contributed by atoms with Gasteiger partial charge in [0, 0.05) is 18.5 Å². The summed E-state index contributed by atoms with van der Waals surface area (Å²) in [5.41, 5.74) is 2.23. The van der Waals surface area contributed by atoms with Crippen LogP contribution in [0.25, 0.3) is 10.9 Å². The zero-order chi connectivity index (χ0) is 15.0. The molecule has 1 aromatic heterocycles. The van der Waals surface area contributed by atoms with Gasteiger partial charge in [0.05, 0.1) is 24.8 Å². The topological polar surface area (TPSA) is 34.6 Å². The van der Waals surface area contributed by atoms with Crippen LogP contribution < -0.4 is 9.64 Å². The average Bonchev–Trinajstić information content (AvgIpc) is 2.46. The van der Waals surface area contributed by atoms with Crippen LogP contribution in [0.4, 0.5) is 5.82 Å². The Bertz CT molecular complexity index is 647. The van der Waals surface area contributed by atoms with Gasteiger partial charge in [-0.05, 0) is 50.6 Å². The van der Waals surface area contributed by atoms with Gasteiger partial charge >= 0.3 is 0 Å². The third-order valence-electron chi connectivity index (χ3n) is 3.95. The summed E-state index contributed by atoms with van der Waals surface area (Å²) in [6.07, 6.45) is 0.477. The van der Waals surface area contributed by atoms with E-state index in [-0.39, 0.29) is 12.2 Å². The Labute approximate surface area is 125 Å². The van der Waals surface area contributed by atoms with Crippen molar-refractivity contribution < 1.29 is 9.47 Å². The van der Waals surface area contributed by atoms with Gasteiger partial charge in [-0.15, -0.1) is 0 Å². The van der Waals surface area contributed by atoms with Crippen molar-refractivity contribution in [1.82, 2.24) is 4.98 Å². The smallest absolute Gasteiger partial charge is 0.129 e. The van der Waals surface area contributed by atoms with Crippen molar-refractivity contribution in [2.45, 2.75) is 33.0 Å². The van der Waals surface area contributed by atoms with Gasteiger partial charge in [0.2, 0.25) is 0 Å². The highest BCUT2D eigenvalue weighted by Crippen LogP contribution is 2.27. The van der Waals surface area contributed by atoms with Crippen LogP contribution in [0.15, 0.2) is 24.3 Å². The third kappa shape index (κ3) is 2.81. The SMILES string of the molecule is COc1ccc2nc(N3C[C@@H](C)O[C@@H](C)C3)cc(C)c2c1. The molecule has 1 saturated heterocycles. The molecule has 1 fully saturated rings. The van der Waals surface area contributed by atoms with Gasteiger partial charge in [0.15, 0.2) is 0 Å². The molecule has 4 nitrogen and oxygen atoms in total. The number of morpholine rings is 1. The molecule has 0 unspecified atom stereocenters. The number of rotatable bonds is 2. The van der Waals surface area contributed by atoms with Gasteiger partial charge < -0.3 is 14.4 Å². The minimum Gasteiger partial charge on any atom is -0.497 e. The first kappa shape index (κ1) is 14.1. The summed E-state index contributed by atoms with van der Waals surface area (Å²) < 4.78 is 11.1. The van der Waals surface area contributed by atoms with E-state index in [1.165, 1.54) is 5.56 Å². The normalized spacial score (nSPS) is 22.6. The Morgan fingerprint density at radius 2 is 1.90 bits per heavy atom. The van der Waals surface area contributed by atoms with E-state index < -0.39 is 0 Å². The van der Waals surface area contributed by atoms with Crippen LogP contribution in [-0.4, -0.2) is 37.4 Å². The molecule has 0 radical (unpaired) electrons. The maximum absolute atomic E-state index is 5.80. The van der Waals surface area contributed by atoms with Crippen molar-refractivity contribution in [1.29, 1.82) is 0 Å². The molecule has 1 aliphatic heterocycles. The fourth-order valence-corrected chi connectivity index (χ4v) is 3.01. The van der Waals surface area contributed by atoms with Crippen molar-refractivity contribution in [3.63, 3.8) is 0 Å². The molecule has 4 heteroatoms. The largest absolute Gasteiger partial charge is 0.497 e. The Kier molecular flexibility index (Phi) is 3.72. The lowest BCUT2D eigenvalue weighted by Gasteiger charge is -2.36. The molecule has 21 heavy (non-hydrogen) atoms. The molecular formula is C17H22N2O2. The van der Waals surface area contributed by atoms with Crippen LogP contribution in [0.5, 0.6) is 5.75 Å². The van der Waals surface area contributed by atoms with E-state index >= 15 is 0 Å². The summed E-state index contributed by atoms with van der Waals surface area (Å²) in [7, 11) is 1.69. The lowest BCUT2D eigenvalue weighted by molar-refractivity contribution is -0.00544. The predicted octanol–water partition coefficient (Wildman–Crippen LogP) is 3.17. The quantitative estimate of drug-likeness (QED) is 0.849. The predicted molar refractivity (Wildman–Crippen MR) is 85.3 cm³/mol. The fourth-order valence-electron chi connectivity index (χ4n) is 3.01. The van der Waals surface area contributed by atoms with Crippen molar-refractivity contribution in [2.75, 3.05) is 25.1 Å². The molecule has 3 rings (SSSR count). The molecule has 1 aliphatic rings. The van der Waals surface area contributed by atoms with E-state index in [1.54, 1.807) is 7.11 Å². The molecule has 1 aromatic carbocycles. The number of aryl methyl sites for hydroxylation is 1. The number of hydrogen-bond donors (Lipinski definition) is 0. The van der Waals surface area contributed by atoms with Gasteiger partial charge in [-0.25, -0.2) is 4.98 Å². The van der Waals surface area contributed by atoms with Crippen molar-refractivity contribution >= 4 is 16.7 Å². The Morgan fingerprint density at radius 3 is 2.57 bits per heavy atom. The summed E-state index contributed by atoms with van der Waals surface area (Å²) >= 11 is 0. The van der Waals surface area contributed by atoms with Gasteiger partial charge in [-0.1, -0.05) is 0 Å². The number of aromatic nitrogens is 1. The molecule has 0 amide bonds. The summed E-state index contributed by atoms with van der Waals surface area (Å²) in [4.78, 5) is 7.13. The van der Waals surface area contributed by atoms with Gasteiger partial charge in [0.1, 0.15) is 11.6 Å². The van der Waals surface area contributed by atoms with E-state index in [4.69, 9.17) is 14.5 Å². The summed E-state index contributed by atoms with van der Waals surface area (Å²) in [6.45, 7) is 8.12. The first-order chi connectivity index (χ1) is 10.1. The second kappa shape index (κ2) is 5.53. The summed E-state index contributed by atoms with van der Waals surface area (Å²) in [5.74, 6) is 1.90. The molecule has 2 heterocycles. The highest BCUT2D eigenvalue weighted by Gasteiger charge is 2.23. The number of fused-ring (bicyclic) bond motifs is 1. The van der Waals surface area contributed by atoms with Crippen molar-refractivity contribution in [3.8, 4) is 5.75 Å². The van der Waals surface area contributed by atoms with Crippen molar-refractivity contribution in [2.24, 2.45) is 0 Å². The van der Waals surface area contributed by atoms with E-state index in [0.29, 0.717) is 0 Å². The molecule has 0 bridgehead atoms. The standard InChI is InChI=1S/C17H22N2O2/c1-11-7-17(19-9-12(2)21-13(3)10-19)18-16-6-5-14(20-4)8-15(11)16/h5-8,12-13H,9-10H2,1-4H3/t12-,13+. The first-order valence-corrected chi connectivity index (χ1v) is 7.42. The number of pyridine rings is 1. The van der Waals surface area contributed by atoms with Gasteiger partial charge in [-0.2, -0.15) is 0 Å². The number of anilines is 1. The van der Waals surface area contributed by atoms with E-state index in [1.807, 2.05) is 18.2 Å². The summed E-state index contributed by atoms with van der Waals surface area (Å²) in [5, 5.41) is 1.15.